The number of carbonyl (C=O) groups is 1. The molecule has 0 bridgehead atoms. The smallest absolute Gasteiger partial charge is 0.255 e. The van der Waals surface area contributed by atoms with Gasteiger partial charge in [-0.1, -0.05) is 18.2 Å². The van der Waals surface area contributed by atoms with Gasteiger partial charge >= 0.3 is 0 Å². The lowest BCUT2D eigenvalue weighted by Crippen LogP contribution is -2.21. The lowest BCUT2D eigenvalue weighted by molar-refractivity contribution is -0.119. The molecule has 5 nitrogen and oxygen atoms in total. The maximum Gasteiger partial charge on any atom is 0.255 e. The third kappa shape index (κ3) is 3.30. The molecule has 1 aliphatic rings. The fraction of sp³-hybridized carbons (Fsp3) is 0.316. The SMILES string of the molecule is COc1ccc(CN2CCc3c(C)cccc32)cc1OCC(N)=O. The van der Waals surface area contributed by atoms with Crippen molar-refractivity contribution in [3.05, 3.63) is 53.1 Å². The fourth-order valence-electron chi connectivity index (χ4n) is 3.14. The first-order valence-electron chi connectivity index (χ1n) is 8.00. The Kier molecular flexibility index (Phi) is 4.60. The van der Waals surface area contributed by atoms with Crippen LogP contribution in [-0.2, 0) is 17.8 Å². The molecule has 0 saturated heterocycles. The number of amides is 1. The summed E-state index contributed by atoms with van der Waals surface area (Å²) in [6.07, 6.45) is 1.07. The zero-order valence-electron chi connectivity index (χ0n) is 14.0. The molecular formula is C19H22N2O3. The molecule has 3 rings (SSSR count). The summed E-state index contributed by atoms with van der Waals surface area (Å²) in [6.45, 7) is 3.79. The normalized spacial score (nSPS) is 12.8. The number of rotatable bonds is 6. The molecule has 0 aliphatic carbocycles. The maximum atomic E-state index is 11.0. The van der Waals surface area contributed by atoms with Gasteiger partial charge in [0.15, 0.2) is 18.1 Å². The van der Waals surface area contributed by atoms with E-state index in [0.717, 1.165) is 25.1 Å². The zero-order valence-corrected chi connectivity index (χ0v) is 14.0. The van der Waals surface area contributed by atoms with Gasteiger partial charge in [0.1, 0.15) is 0 Å². The van der Waals surface area contributed by atoms with E-state index in [2.05, 4.69) is 30.0 Å². The molecule has 0 unspecified atom stereocenters. The molecule has 1 aliphatic heterocycles. The quantitative estimate of drug-likeness (QED) is 0.885. The van der Waals surface area contributed by atoms with Crippen molar-refractivity contribution in [2.45, 2.75) is 19.9 Å². The third-order valence-electron chi connectivity index (χ3n) is 4.33. The van der Waals surface area contributed by atoms with Gasteiger partial charge in [0.25, 0.3) is 5.91 Å². The van der Waals surface area contributed by atoms with Crippen LogP contribution in [0, 0.1) is 6.92 Å². The molecule has 0 spiro atoms. The van der Waals surface area contributed by atoms with Crippen LogP contribution in [0.15, 0.2) is 36.4 Å². The standard InChI is InChI=1S/C19H22N2O3/c1-13-4-3-5-16-15(13)8-9-21(16)11-14-6-7-17(23-2)18(10-14)24-12-19(20)22/h3-7,10H,8-9,11-12H2,1-2H3,(H2,20,22). The van der Waals surface area contributed by atoms with Crippen LogP contribution >= 0.6 is 0 Å². The fourth-order valence-corrected chi connectivity index (χ4v) is 3.14. The van der Waals surface area contributed by atoms with E-state index in [4.69, 9.17) is 15.2 Å². The van der Waals surface area contributed by atoms with Crippen molar-refractivity contribution in [3.8, 4) is 11.5 Å². The Labute approximate surface area is 142 Å². The summed E-state index contributed by atoms with van der Waals surface area (Å²) in [5, 5.41) is 0. The topological polar surface area (TPSA) is 64.8 Å². The van der Waals surface area contributed by atoms with Gasteiger partial charge in [-0.15, -0.1) is 0 Å². The van der Waals surface area contributed by atoms with Crippen LogP contribution in [0.25, 0.3) is 0 Å². The van der Waals surface area contributed by atoms with Gasteiger partial charge < -0.3 is 20.1 Å². The minimum atomic E-state index is -0.508. The van der Waals surface area contributed by atoms with Crippen molar-refractivity contribution in [2.75, 3.05) is 25.2 Å². The number of anilines is 1. The minimum absolute atomic E-state index is 0.161. The van der Waals surface area contributed by atoms with Crippen molar-refractivity contribution >= 4 is 11.6 Å². The van der Waals surface area contributed by atoms with Gasteiger partial charge in [-0.3, -0.25) is 4.79 Å². The number of methoxy groups -OCH3 is 1. The van der Waals surface area contributed by atoms with Crippen LogP contribution in [0.2, 0.25) is 0 Å². The lowest BCUT2D eigenvalue weighted by Gasteiger charge is -2.20. The van der Waals surface area contributed by atoms with Crippen molar-refractivity contribution in [1.29, 1.82) is 0 Å². The number of aryl methyl sites for hydroxylation is 1. The van der Waals surface area contributed by atoms with Crippen LogP contribution in [-0.4, -0.2) is 26.2 Å². The predicted molar refractivity (Wildman–Crippen MR) is 93.6 cm³/mol. The molecule has 2 N–H and O–H groups in total. The molecule has 2 aromatic carbocycles. The van der Waals surface area contributed by atoms with Crippen molar-refractivity contribution in [1.82, 2.24) is 0 Å². The molecule has 0 radical (unpaired) electrons. The molecule has 24 heavy (non-hydrogen) atoms. The van der Waals surface area contributed by atoms with Gasteiger partial charge in [-0.05, 0) is 48.2 Å². The molecule has 1 amide bonds. The van der Waals surface area contributed by atoms with Crippen molar-refractivity contribution in [3.63, 3.8) is 0 Å². The van der Waals surface area contributed by atoms with Gasteiger partial charge in [-0.2, -0.15) is 0 Å². The van der Waals surface area contributed by atoms with Gasteiger partial charge in [-0.25, -0.2) is 0 Å². The number of carbonyl (C=O) groups excluding carboxylic acids is 1. The second-order valence-corrected chi connectivity index (χ2v) is 5.98. The Morgan fingerprint density at radius 2 is 2.08 bits per heavy atom. The van der Waals surface area contributed by atoms with Crippen LogP contribution in [0.5, 0.6) is 11.5 Å². The monoisotopic (exact) mass is 326 g/mol. The highest BCUT2D eigenvalue weighted by atomic mass is 16.5. The van der Waals surface area contributed by atoms with Crippen molar-refractivity contribution < 1.29 is 14.3 Å². The molecule has 5 heteroatoms. The molecule has 0 aromatic heterocycles. The molecule has 0 fully saturated rings. The second-order valence-electron chi connectivity index (χ2n) is 5.98. The number of fused-ring (bicyclic) bond motifs is 1. The van der Waals surface area contributed by atoms with E-state index in [9.17, 15) is 4.79 Å². The summed E-state index contributed by atoms with van der Waals surface area (Å²) in [4.78, 5) is 13.3. The Balaban J connectivity index is 1.80. The summed E-state index contributed by atoms with van der Waals surface area (Å²) in [7, 11) is 1.58. The van der Waals surface area contributed by atoms with E-state index in [1.165, 1.54) is 16.8 Å². The van der Waals surface area contributed by atoms with Crippen LogP contribution in [0.1, 0.15) is 16.7 Å². The highest BCUT2D eigenvalue weighted by Gasteiger charge is 2.20. The Bertz CT molecular complexity index is 758. The molecule has 2 aromatic rings. The molecule has 0 atom stereocenters. The van der Waals surface area contributed by atoms with Crippen LogP contribution in [0.3, 0.4) is 0 Å². The molecular weight excluding hydrogens is 304 g/mol. The number of ether oxygens (including phenoxy) is 2. The summed E-state index contributed by atoms with van der Waals surface area (Å²) in [5.74, 6) is 0.626. The van der Waals surface area contributed by atoms with E-state index in [1.807, 2.05) is 18.2 Å². The molecule has 0 saturated carbocycles. The van der Waals surface area contributed by atoms with E-state index in [-0.39, 0.29) is 6.61 Å². The number of nitrogens with two attached hydrogens (primary N) is 1. The minimum Gasteiger partial charge on any atom is -0.493 e. The Hall–Kier alpha value is -2.69. The number of benzene rings is 2. The zero-order chi connectivity index (χ0) is 17.1. The average molecular weight is 326 g/mol. The molecule has 126 valence electrons. The largest absolute Gasteiger partial charge is 0.493 e. The number of primary amides is 1. The summed E-state index contributed by atoms with van der Waals surface area (Å²) in [6, 6.07) is 12.2. The highest BCUT2D eigenvalue weighted by Crippen LogP contribution is 2.33. The number of hydrogen-bond acceptors (Lipinski definition) is 4. The van der Waals surface area contributed by atoms with Gasteiger partial charge in [0, 0.05) is 18.8 Å². The summed E-state index contributed by atoms with van der Waals surface area (Å²) >= 11 is 0. The van der Waals surface area contributed by atoms with Crippen LogP contribution < -0.4 is 20.1 Å². The summed E-state index contributed by atoms with van der Waals surface area (Å²) in [5.41, 5.74) is 10.3. The summed E-state index contributed by atoms with van der Waals surface area (Å²) < 4.78 is 10.7. The number of nitrogens with zero attached hydrogens (tertiary/aromatic N) is 1. The lowest BCUT2D eigenvalue weighted by atomic mass is 10.1. The van der Waals surface area contributed by atoms with E-state index in [0.29, 0.717) is 11.5 Å². The van der Waals surface area contributed by atoms with Crippen molar-refractivity contribution in [2.24, 2.45) is 5.73 Å². The highest BCUT2D eigenvalue weighted by molar-refractivity contribution is 5.75. The predicted octanol–water partition coefficient (Wildman–Crippen LogP) is 2.43. The number of hydrogen-bond donors (Lipinski definition) is 1. The third-order valence-corrected chi connectivity index (χ3v) is 4.33. The average Bonchev–Trinajstić information content (AvgIpc) is 2.97. The first kappa shape index (κ1) is 16.2. The van der Waals surface area contributed by atoms with Gasteiger partial charge in [0.2, 0.25) is 0 Å². The van der Waals surface area contributed by atoms with E-state index in [1.54, 1.807) is 7.11 Å². The van der Waals surface area contributed by atoms with E-state index < -0.39 is 5.91 Å². The first-order chi connectivity index (χ1) is 11.6. The Morgan fingerprint density at radius 1 is 1.25 bits per heavy atom. The van der Waals surface area contributed by atoms with Crippen LogP contribution in [0.4, 0.5) is 5.69 Å². The second kappa shape index (κ2) is 6.83. The molecule has 1 heterocycles. The first-order valence-corrected chi connectivity index (χ1v) is 8.00. The maximum absolute atomic E-state index is 11.0. The Morgan fingerprint density at radius 3 is 2.83 bits per heavy atom. The van der Waals surface area contributed by atoms with Gasteiger partial charge in [0.05, 0.1) is 7.11 Å². The van der Waals surface area contributed by atoms with E-state index >= 15 is 0 Å².